The summed E-state index contributed by atoms with van der Waals surface area (Å²) in [5, 5.41) is 13.0. The van der Waals surface area contributed by atoms with Gasteiger partial charge in [0, 0.05) is 28.4 Å². The van der Waals surface area contributed by atoms with Gasteiger partial charge >= 0.3 is 0 Å². The molecule has 0 unspecified atom stereocenters. The standard InChI is InChI=1S/C20H17N3O2/c1-2-25-17-9-7-16(8-10-17)23-20(24)14(12-21)11-15-13-22-19-6-4-3-5-18(15)19/h3-11,13,22H,2H2,1H3,(H,23,24)/b14-11-. The molecule has 0 saturated heterocycles. The number of hydrogen-bond donors (Lipinski definition) is 2. The van der Waals surface area contributed by atoms with Crippen molar-refractivity contribution in [2.24, 2.45) is 0 Å². The second-order valence-electron chi connectivity index (χ2n) is 5.37. The number of nitriles is 1. The summed E-state index contributed by atoms with van der Waals surface area (Å²) in [6.45, 7) is 2.49. The summed E-state index contributed by atoms with van der Waals surface area (Å²) in [4.78, 5) is 15.5. The molecule has 0 aliphatic carbocycles. The quantitative estimate of drug-likeness (QED) is 0.545. The second-order valence-corrected chi connectivity index (χ2v) is 5.37. The Kier molecular flexibility index (Phi) is 4.82. The number of anilines is 1. The number of fused-ring (bicyclic) bond motifs is 1. The van der Waals surface area contributed by atoms with Crippen LogP contribution in [0.3, 0.4) is 0 Å². The minimum atomic E-state index is -0.447. The van der Waals surface area contributed by atoms with Crippen molar-refractivity contribution in [2.75, 3.05) is 11.9 Å². The Hall–Kier alpha value is -3.52. The van der Waals surface area contributed by atoms with Crippen molar-refractivity contribution in [1.82, 2.24) is 4.98 Å². The summed E-state index contributed by atoms with van der Waals surface area (Å²) in [6.07, 6.45) is 3.37. The van der Waals surface area contributed by atoms with Crippen LogP contribution in [0.25, 0.3) is 17.0 Å². The van der Waals surface area contributed by atoms with E-state index in [0.29, 0.717) is 12.3 Å². The lowest BCUT2D eigenvalue weighted by atomic mass is 10.1. The Labute approximate surface area is 145 Å². The smallest absolute Gasteiger partial charge is 0.266 e. The van der Waals surface area contributed by atoms with Crippen molar-refractivity contribution in [3.8, 4) is 11.8 Å². The Bertz CT molecular complexity index is 963. The van der Waals surface area contributed by atoms with Crippen LogP contribution in [-0.4, -0.2) is 17.5 Å². The van der Waals surface area contributed by atoms with E-state index in [-0.39, 0.29) is 5.57 Å². The van der Waals surface area contributed by atoms with Gasteiger partial charge in [-0.25, -0.2) is 0 Å². The van der Waals surface area contributed by atoms with Gasteiger partial charge in [-0.05, 0) is 43.3 Å². The van der Waals surface area contributed by atoms with Crippen LogP contribution in [0.5, 0.6) is 5.75 Å². The average Bonchev–Trinajstić information content (AvgIpc) is 3.04. The monoisotopic (exact) mass is 331 g/mol. The van der Waals surface area contributed by atoms with Gasteiger partial charge < -0.3 is 15.0 Å². The number of para-hydroxylation sites is 1. The molecule has 5 heteroatoms. The first kappa shape index (κ1) is 16.3. The van der Waals surface area contributed by atoms with Crippen molar-refractivity contribution in [1.29, 1.82) is 5.26 Å². The number of nitrogens with zero attached hydrogens (tertiary/aromatic N) is 1. The second kappa shape index (κ2) is 7.37. The minimum absolute atomic E-state index is 0.0404. The molecule has 1 heterocycles. The third-order valence-corrected chi connectivity index (χ3v) is 3.71. The molecule has 2 aromatic carbocycles. The van der Waals surface area contributed by atoms with Gasteiger partial charge in [-0.2, -0.15) is 5.26 Å². The van der Waals surface area contributed by atoms with Gasteiger partial charge in [0.25, 0.3) is 5.91 Å². The van der Waals surface area contributed by atoms with Crippen LogP contribution in [0.1, 0.15) is 12.5 Å². The van der Waals surface area contributed by atoms with E-state index in [9.17, 15) is 10.1 Å². The van der Waals surface area contributed by atoms with Crippen LogP contribution in [0.4, 0.5) is 5.69 Å². The van der Waals surface area contributed by atoms with E-state index in [4.69, 9.17) is 4.74 Å². The van der Waals surface area contributed by atoms with Crippen molar-refractivity contribution >= 4 is 28.6 Å². The van der Waals surface area contributed by atoms with E-state index in [1.165, 1.54) is 0 Å². The lowest BCUT2D eigenvalue weighted by Gasteiger charge is -2.06. The minimum Gasteiger partial charge on any atom is -0.494 e. The SMILES string of the molecule is CCOc1ccc(NC(=O)/C(C#N)=C\c2c[nH]c3ccccc23)cc1. The van der Waals surface area contributed by atoms with E-state index in [1.807, 2.05) is 37.3 Å². The predicted molar refractivity (Wildman–Crippen MR) is 98.1 cm³/mol. The van der Waals surface area contributed by atoms with Crippen molar-refractivity contribution in [3.05, 3.63) is 65.9 Å². The Morgan fingerprint density at radius 2 is 2.00 bits per heavy atom. The van der Waals surface area contributed by atoms with Gasteiger partial charge in [-0.3, -0.25) is 4.79 Å². The van der Waals surface area contributed by atoms with Crippen LogP contribution in [0, 0.1) is 11.3 Å². The zero-order valence-electron chi connectivity index (χ0n) is 13.7. The number of hydrogen-bond acceptors (Lipinski definition) is 3. The number of carbonyl (C=O) groups is 1. The van der Waals surface area contributed by atoms with Crippen LogP contribution in [0.15, 0.2) is 60.3 Å². The Balaban J connectivity index is 1.80. The normalized spacial score (nSPS) is 11.1. The number of amides is 1. The molecule has 1 amide bonds. The molecule has 0 bridgehead atoms. The molecule has 0 atom stereocenters. The number of H-pyrrole nitrogens is 1. The molecule has 25 heavy (non-hydrogen) atoms. The van der Waals surface area contributed by atoms with Crippen LogP contribution in [0.2, 0.25) is 0 Å². The molecular weight excluding hydrogens is 314 g/mol. The lowest BCUT2D eigenvalue weighted by molar-refractivity contribution is -0.112. The lowest BCUT2D eigenvalue weighted by Crippen LogP contribution is -2.13. The molecule has 0 fully saturated rings. The number of carbonyl (C=O) groups excluding carboxylic acids is 1. The van der Waals surface area contributed by atoms with Gasteiger partial charge in [-0.1, -0.05) is 18.2 Å². The van der Waals surface area contributed by atoms with Crippen molar-refractivity contribution in [3.63, 3.8) is 0 Å². The van der Waals surface area contributed by atoms with Gasteiger partial charge in [0.05, 0.1) is 6.61 Å². The molecule has 0 aliphatic rings. The summed E-state index contributed by atoms with van der Waals surface area (Å²) in [6, 6.07) is 16.7. The molecule has 2 N–H and O–H groups in total. The van der Waals surface area contributed by atoms with Gasteiger partial charge in [0.1, 0.15) is 17.4 Å². The molecular formula is C20H17N3O2. The number of benzene rings is 2. The Morgan fingerprint density at radius 1 is 1.24 bits per heavy atom. The largest absolute Gasteiger partial charge is 0.494 e. The molecule has 3 rings (SSSR count). The highest BCUT2D eigenvalue weighted by molar-refractivity contribution is 6.10. The van der Waals surface area contributed by atoms with Crippen LogP contribution in [-0.2, 0) is 4.79 Å². The fourth-order valence-corrected chi connectivity index (χ4v) is 2.52. The maximum atomic E-state index is 12.4. The fourth-order valence-electron chi connectivity index (χ4n) is 2.52. The van der Waals surface area contributed by atoms with Gasteiger partial charge in [0.15, 0.2) is 0 Å². The highest BCUT2D eigenvalue weighted by Crippen LogP contribution is 2.21. The third kappa shape index (κ3) is 3.70. The summed E-state index contributed by atoms with van der Waals surface area (Å²) in [5.41, 5.74) is 2.40. The number of aromatic nitrogens is 1. The molecule has 0 aliphatic heterocycles. The highest BCUT2D eigenvalue weighted by atomic mass is 16.5. The number of rotatable bonds is 5. The van der Waals surface area contributed by atoms with E-state index in [1.54, 1.807) is 36.5 Å². The fraction of sp³-hybridized carbons (Fsp3) is 0.100. The third-order valence-electron chi connectivity index (χ3n) is 3.71. The van der Waals surface area contributed by atoms with E-state index >= 15 is 0 Å². The maximum absolute atomic E-state index is 12.4. The first-order valence-electron chi connectivity index (χ1n) is 7.93. The predicted octanol–water partition coefficient (Wildman–Crippen LogP) is 4.11. The number of ether oxygens (including phenoxy) is 1. The molecule has 3 aromatic rings. The van der Waals surface area contributed by atoms with E-state index in [2.05, 4.69) is 10.3 Å². The summed E-state index contributed by atoms with van der Waals surface area (Å²) < 4.78 is 5.37. The summed E-state index contributed by atoms with van der Waals surface area (Å²) in [7, 11) is 0. The molecule has 1 aromatic heterocycles. The molecule has 0 saturated carbocycles. The average molecular weight is 331 g/mol. The zero-order chi connectivity index (χ0) is 17.6. The highest BCUT2D eigenvalue weighted by Gasteiger charge is 2.11. The van der Waals surface area contributed by atoms with Gasteiger partial charge in [0.2, 0.25) is 0 Å². The van der Waals surface area contributed by atoms with Crippen LogP contribution >= 0.6 is 0 Å². The van der Waals surface area contributed by atoms with Crippen LogP contribution < -0.4 is 10.1 Å². The molecule has 0 radical (unpaired) electrons. The first-order chi connectivity index (χ1) is 12.2. The molecule has 124 valence electrons. The summed E-state index contributed by atoms with van der Waals surface area (Å²) >= 11 is 0. The number of nitrogens with one attached hydrogen (secondary N) is 2. The first-order valence-corrected chi connectivity index (χ1v) is 7.93. The van der Waals surface area contributed by atoms with Gasteiger partial charge in [-0.15, -0.1) is 0 Å². The zero-order valence-corrected chi connectivity index (χ0v) is 13.7. The molecule has 5 nitrogen and oxygen atoms in total. The van der Waals surface area contributed by atoms with E-state index < -0.39 is 5.91 Å². The van der Waals surface area contributed by atoms with E-state index in [0.717, 1.165) is 22.2 Å². The van der Waals surface area contributed by atoms with Crippen molar-refractivity contribution < 1.29 is 9.53 Å². The topological polar surface area (TPSA) is 77.9 Å². The Morgan fingerprint density at radius 3 is 2.72 bits per heavy atom. The molecule has 0 spiro atoms. The van der Waals surface area contributed by atoms with Crippen molar-refractivity contribution in [2.45, 2.75) is 6.92 Å². The number of aromatic amines is 1. The summed E-state index contributed by atoms with van der Waals surface area (Å²) in [5.74, 6) is 0.285. The maximum Gasteiger partial charge on any atom is 0.266 e.